The lowest BCUT2D eigenvalue weighted by Crippen LogP contribution is -2.52. The number of carbonyl (C=O) groups excluding carboxylic acids is 3. The normalized spacial score (nSPS) is 15.9. The number of unbranched alkanes of at least 4 members (excludes halogenated alkanes) is 30. The highest BCUT2D eigenvalue weighted by atomic mass is 16.2. The zero-order chi connectivity index (χ0) is 42.3. The number of hydrogen-bond donors (Lipinski definition) is 3. The Balaban J connectivity index is 2.77. The third-order valence-electron chi connectivity index (χ3n) is 12.7. The molecule has 1 rings (SSSR count). The summed E-state index contributed by atoms with van der Waals surface area (Å²) in [4.78, 5) is 45.4. The lowest BCUT2D eigenvalue weighted by atomic mass is 10.0. The van der Waals surface area contributed by atoms with E-state index in [2.05, 4.69) is 31.0 Å². The van der Waals surface area contributed by atoms with Gasteiger partial charge in [-0.2, -0.15) is 0 Å². The largest absolute Gasteiger partial charge is 0.351 e. The fraction of sp³-hybridized carbons (Fsp3) is 0.940. The van der Waals surface area contributed by atoms with Gasteiger partial charge in [-0.1, -0.05) is 213 Å². The van der Waals surface area contributed by atoms with Gasteiger partial charge in [-0.25, -0.2) is 0 Å². The molecule has 0 saturated carbocycles. The molecule has 0 unspecified atom stereocenters. The molecule has 8 nitrogen and oxygen atoms in total. The molecule has 0 bridgehead atoms. The third kappa shape index (κ3) is 28.7. The smallest absolute Gasteiger partial charge is 0.245 e. The van der Waals surface area contributed by atoms with Crippen LogP contribution < -0.4 is 16.8 Å². The number of nitrogens with two attached hydrogens (primary N) is 2. The summed E-state index contributed by atoms with van der Waals surface area (Å²) in [7, 11) is 0. The number of carbonyl (C=O) groups is 3. The fourth-order valence-electron chi connectivity index (χ4n) is 8.81. The quantitative estimate of drug-likeness (QED) is 0.0530. The van der Waals surface area contributed by atoms with Crippen LogP contribution in [0.5, 0.6) is 0 Å². The SMILES string of the molecule is CCCCCCCCCCCCCCC(=O)N[C@H]1C[C@@H](C(=O)N(CCCCCCCCCCCC)CCCCCCCCCCCC)N(C(=O)[C@H](N)CCCCN)C1. The van der Waals surface area contributed by atoms with Crippen LogP contribution in [0.1, 0.15) is 258 Å². The van der Waals surface area contributed by atoms with Crippen molar-refractivity contribution in [3.8, 4) is 0 Å². The average Bonchev–Trinajstić information content (AvgIpc) is 3.64. The first-order valence-corrected chi connectivity index (χ1v) is 25.7. The summed E-state index contributed by atoms with van der Waals surface area (Å²) in [6.07, 6.45) is 43.5. The molecular weight excluding hydrogens is 719 g/mol. The lowest BCUT2D eigenvalue weighted by Gasteiger charge is -2.31. The van der Waals surface area contributed by atoms with Crippen molar-refractivity contribution in [1.29, 1.82) is 0 Å². The highest BCUT2D eigenvalue weighted by molar-refractivity contribution is 5.91. The molecule has 1 aliphatic heterocycles. The van der Waals surface area contributed by atoms with Gasteiger partial charge in [0.25, 0.3) is 0 Å². The van der Waals surface area contributed by atoms with Crippen molar-refractivity contribution in [1.82, 2.24) is 15.1 Å². The summed E-state index contributed by atoms with van der Waals surface area (Å²) in [5.74, 6) is -0.0737. The van der Waals surface area contributed by atoms with E-state index < -0.39 is 12.1 Å². The molecule has 1 heterocycles. The van der Waals surface area contributed by atoms with E-state index in [4.69, 9.17) is 11.5 Å². The Bertz CT molecular complexity index is 940. The fourth-order valence-corrected chi connectivity index (χ4v) is 8.81. The molecule has 1 fully saturated rings. The van der Waals surface area contributed by atoms with Crippen LogP contribution in [0, 0.1) is 0 Å². The van der Waals surface area contributed by atoms with Gasteiger partial charge in [0.05, 0.1) is 6.04 Å². The van der Waals surface area contributed by atoms with E-state index in [1.54, 1.807) is 4.90 Å². The van der Waals surface area contributed by atoms with Crippen molar-refractivity contribution in [3.63, 3.8) is 0 Å². The van der Waals surface area contributed by atoms with Crippen LogP contribution in [0.2, 0.25) is 0 Å². The maximum Gasteiger partial charge on any atom is 0.245 e. The summed E-state index contributed by atoms with van der Waals surface area (Å²) in [5.41, 5.74) is 12.2. The van der Waals surface area contributed by atoms with Crippen LogP contribution in [0.15, 0.2) is 0 Å². The van der Waals surface area contributed by atoms with Gasteiger partial charge in [0.1, 0.15) is 6.04 Å². The van der Waals surface area contributed by atoms with Gasteiger partial charge in [-0.3, -0.25) is 14.4 Å². The first-order chi connectivity index (χ1) is 28.4. The van der Waals surface area contributed by atoms with Gasteiger partial charge in [0, 0.05) is 32.1 Å². The van der Waals surface area contributed by atoms with Crippen molar-refractivity contribution in [3.05, 3.63) is 0 Å². The van der Waals surface area contributed by atoms with Crippen molar-refractivity contribution in [2.24, 2.45) is 11.5 Å². The first-order valence-electron chi connectivity index (χ1n) is 25.7. The highest BCUT2D eigenvalue weighted by Crippen LogP contribution is 2.24. The molecule has 0 aromatic rings. The van der Waals surface area contributed by atoms with Crippen LogP contribution in [-0.4, -0.2) is 71.8 Å². The lowest BCUT2D eigenvalue weighted by molar-refractivity contribution is -0.144. The number of nitrogens with zero attached hydrogens (tertiary/aromatic N) is 2. The minimum atomic E-state index is -0.658. The van der Waals surface area contributed by atoms with Crippen LogP contribution in [0.4, 0.5) is 0 Å². The van der Waals surface area contributed by atoms with Gasteiger partial charge in [0.15, 0.2) is 0 Å². The number of rotatable bonds is 42. The van der Waals surface area contributed by atoms with Gasteiger partial charge >= 0.3 is 0 Å². The van der Waals surface area contributed by atoms with E-state index in [0.29, 0.717) is 32.4 Å². The monoisotopic (exact) mass is 818 g/mol. The number of amides is 3. The van der Waals surface area contributed by atoms with Crippen LogP contribution in [0.3, 0.4) is 0 Å². The third-order valence-corrected chi connectivity index (χ3v) is 12.7. The van der Waals surface area contributed by atoms with Crippen molar-refractivity contribution in [2.45, 2.75) is 276 Å². The van der Waals surface area contributed by atoms with Crippen molar-refractivity contribution in [2.75, 3.05) is 26.2 Å². The average molecular weight is 818 g/mol. The molecular formula is C50H99N5O3. The second-order valence-electron chi connectivity index (χ2n) is 18.2. The molecule has 0 aromatic heterocycles. The molecule has 342 valence electrons. The maximum atomic E-state index is 14.5. The van der Waals surface area contributed by atoms with E-state index in [1.165, 1.54) is 167 Å². The van der Waals surface area contributed by atoms with E-state index in [-0.39, 0.29) is 23.8 Å². The molecule has 8 heteroatoms. The molecule has 1 saturated heterocycles. The minimum absolute atomic E-state index is 0.0393. The number of hydrogen-bond acceptors (Lipinski definition) is 5. The Hall–Kier alpha value is -1.67. The van der Waals surface area contributed by atoms with Gasteiger partial charge in [-0.05, 0) is 45.1 Å². The van der Waals surface area contributed by atoms with Gasteiger partial charge in [0.2, 0.25) is 17.7 Å². The molecule has 58 heavy (non-hydrogen) atoms. The van der Waals surface area contributed by atoms with Gasteiger partial charge in [-0.15, -0.1) is 0 Å². The minimum Gasteiger partial charge on any atom is -0.351 e. The Morgan fingerprint density at radius 1 is 0.552 bits per heavy atom. The van der Waals surface area contributed by atoms with Crippen molar-refractivity contribution < 1.29 is 14.4 Å². The zero-order valence-electron chi connectivity index (χ0n) is 39.0. The molecule has 3 amide bonds. The molecule has 0 aromatic carbocycles. The molecule has 3 atom stereocenters. The zero-order valence-corrected chi connectivity index (χ0v) is 39.0. The topological polar surface area (TPSA) is 122 Å². The van der Waals surface area contributed by atoms with Crippen molar-refractivity contribution >= 4 is 17.7 Å². The summed E-state index contributed by atoms with van der Waals surface area (Å²) < 4.78 is 0. The predicted octanol–water partition coefficient (Wildman–Crippen LogP) is 12.3. The number of likely N-dealkylation sites (tertiary alicyclic amines) is 1. The predicted molar refractivity (Wildman–Crippen MR) is 249 cm³/mol. The number of nitrogens with one attached hydrogen (secondary N) is 1. The van der Waals surface area contributed by atoms with E-state index in [0.717, 1.165) is 64.5 Å². The molecule has 0 aliphatic carbocycles. The van der Waals surface area contributed by atoms with E-state index >= 15 is 0 Å². The summed E-state index contributed by atoms with van der Waals surface area (Å²) >= 11 is 0. The second kappa shape index (κ2) is 39.5. The standard InChI is InChI=1S/C50H99N5O3/c1-4-7-10-13-16-19-22-23-24-27-30-33-39-48(56)53-45-43-47(55(44-45)49(57)46(52)38-34-35-40-51)50(58)54(41-36-31-28-25-20-17-14-11-8-5-2)42-37-32-29-26-21-18-15-12-9-6-3/h45-47H,4-44,51-52H2,1-3H3,(H,53,56)/t45-,46+,47-/m0/s1. The highest BCUT2D eigenvalue weighted by Gasteiger charge is 2.42. The Kier molecular flexibility index (Phi) is 37.0. The summed E-state index contributed by atoms with van der Waals surface area (Å²) in [5, 5.41) is 3.23. The molecule has 5 N–H and O–H groups in total. The van der Waals surface area contributed by atoms with E-state index in [9.17, 15) is 14.4 Å². The second-order valence-corrected chi connectivity index (χ2v) is 18.2. The first kappa shape index (κ1) is 54.3. The molecule has 0 spiro atoms. The van der Waals surface area contributed by atoms with Crippen LogP contribution in [0.25, 0.3) is 0 Å². The van der Waals surface area contributed by atoms with E-state index in [1.807, 2.05) is 0 Å². The van der Waals surface area contributed by atoms with Crippen LogP contribution in [-0.2, 0) is 14.4 Å². The Labute approximate surface area is 360 Å². The summed E-state index contributed by atoms with van der Waals surface area (Å²) in [6.45, 7) is 9.21. The van der Waals surface area contributed by atoms with Gasteiger partial charge < -0.3 is 26.6 Å². The Morgan fingerprint density at radius 3 is 1.33 bits per heavy atom. The molecule has 0 radical (unpaired) electrons. The summed E-state index contributed by atoms with van der Waals surface area (Å²) in [6, 6.07) is -1.46. The van der Waals surface area contributed by atoms with Crippen LogP contribution >= 0.6 is 0 Å². The molecule has 1 aliphatic rings. The Morgan fingerprint density at radius 2 is 0.931 bits per heavy atom. The maximum absolute atomic E-state index is 14.5.